The first kappa shape index (κ1) is 13.6. The van der Waals surface area contributed by atoms with E-state index >= 15 is 0 Å². The molecule has 1 saturated heterocycles. The van der Waals surface area contributed by atoms with E-state index in [1.165, 1.54) is 0 Å². The predicted octanol–water partition coefficient (Wildman–Crippen LogP) is 0.782. The minimum Gasteiger partial charge on any atom is -0.373 e. The van der Waals surface area contributed by atoms with E-state index in [2.05, 4.69) is 27.1 Å². The van der Waals surface area contributed by atoms with Crippen molar-refractivity contribution in [3.05, 3.63) is 11.9 Å². The number of carbonyl (C=O) groups is 1. The molecule has 0 saturated carbocycles. The van der Waals surface area contributed by atoms with Gasteiger partial charge < -0.3 is 16.0 Å². The van der Waals surface area contributed by atoms with Crippen LogP contribution in [0.5, 0.6) is 0 Å². The van der Waals surface area contributed by atoms with Gasteiger partial charge in [0.1, 0.15) is 18.0 Å². The minimum absolute atomic E-state index is 0.00642. The van der Waals surface area contributed by atoms with E-state index in [-0.39, 0.29) is 11.8 Å². The molecule has 1 amide bonds. The number of primary amides is 1. The molecular formula is C13H21N5O. The van der Waals surface area contributed by atoms with Gasteiger partial charge in [-0.15, -0.1) is 0 Å². The van der Waals surface area contributed by atoms with Gasteiger partial charge in [0.05, 0.1) is 0 Å². The summed E-state index contributed by atoms with van der Waals surface area (Å²) < 4.78 is 0. The SMILES string of the molecule is CCc1c(NC)ncnc1N1CCC(C(N)=O)CC1. The molecule has 2 rings (SSSR count). The molecule has 0 aromatic carbocycles. The van der Waals surface area contributed by atoms with Crippen molar-refractivity contribution in [3.63, 3.8) is 0 Å². The molecule has 3 N–H and O–H groups in total. The lowest BCUT2D eigenvalue weighted by Crippen LogP contribution is -2.39. The Morgan fingerprint density at radius 3 is 2.68 bits per heavy atom. The summed E-state index contributed by atoms with van der Waals surface area (Å²) >= 11 is 0. The average Bonchev–Trinajstić information content (AvgIpc) is 2.46. The number of nitrogens with two attached hydrogens (primary N) is 1. The number of amides is 1. The summed E-state index contributed by atoms with van der Waals surface area (Å²) in [6.45, 7) is 3.74. The molecule has 0 atom stereocenters. The first-order valence-corrected chi connectivity index (χ1v) is 6.73. The van der Waals surface area contributed by atoms with Crippen molar-refractivity contribution in [1.29, 1.82) is 0 Å². The third-order valence-corrected chi connectivity index (χ3v) is 3.71. The first-order chi connectivity index (χ1) is 9.17. The lowest BCUT2D eigenvalue weighted by molar-refractivity contribution is -0.122. The quantitative estimate of drug-likeness (QED) is 0.838. The van der Waals surface area contributed by atoms with Crippen molar-refractivity contribution in [1.82, 2.24) is 9.97 Å². The number of anilines is 2. The Morgan fingerprint density at radius 2 is 2.16 bits per heavy atom. The van der Waals surface area contributed by atoms with Crippen molar-refractivity contribution in [2.45, 2.75) is 26.2 Å². The first-order valence-electron chi connectivity index (χ1n) is 6.73. The van der Waals surface area contributed by atoms with Crippen LogP contribution in [-0.4, -0.2) is 36.0 Å². The van der Waals surface area contributed by atoms with Gasteiger partial charge in [-0.3, -0.25) is 4.79 Å². The van der Waals surface area contributed by atoms with Crippen LogP contribution in [0.25, 0.3) is 0 Å². The molecule has 6 heteroatoms. The normalized spacial score (nSPS) is 16.4. The molecule has 0 aliphatic carbocycles. The van der Waals surface area contributed by atoms with Crippen LogP contribution in [0.2, 0.25) is 0 Å². The number of rotatable bonds is 4. The highest BCUT2D eigenvalue weighted by Gasteiger charge is 2.25. The average molecular weight is 263 g/mol. The van der Waals surface area contributed by atoms with Crippen molar-refractivity contribution >= 4 is 17.5 Å². The van der Waals surface area contributed by atoms with Gasteiger partial charge in [-0.2, -0.15) is 0 Å². The Morgan fingerprint density at radius 1 is 1.47 bits per heavy atom. The van der Waals surface area contributed by atoms with Crippen molar-refractivity contribution < 1.29 is 4.79 Å². The van der Waals surface area contributed by atoms with Gasteiger partial charge in [0.15, 0.2) is 0 Å². The maximum Gasteiger partial charge on any atom is 0.220 e. The zero-order chi connectivity index (χ0) is 13.8. The van der Waals surface area contributed by atoms with Gasteiger partial charge in [0, 0.05) is 31.6 Å². The highest BCUT2D eigenvalue weighted by atomic mass is 16.1. The Hall–Kier alpha value is -1.85. The van der Waals surface area contributed by atoms with E-state index in [0.717, 1.165) is 49.6 Å². The molecule has 6 nitrogen and oxygen atoms in total. The minimum atomic E-state index is -0.186. The lowest BCUT2D eigenvalue weighted by atomic mass is 9.96. The summed E-state index contributed by atoms with van der Waals surface area (Å²) in [6.07, 6.45) is 4.07. The maximum atomic E-state index is 11.2. The smallest absolute Gasteiger partial charge is 0.220 e. The van der Waals surface area contributed by atoms with E-state index in [9.17, 15) is 4.79 Å². The van der Waals surface area contributed by atoms with Crippen molar-refractivity contribution in [3.8, 4) is 0 Å². The van der Waals surface area contributed by atoms with Gasteiger partial charge in [-0.25, -0.2) is 9.97 Å². The largest absolute Gasteiger partial charge is 0.373 e. The zero-order valence-corrected chi connectivity index (χ0v) is 11.5. The highest BCUT2D eigenvalue weighted by Crippen LogP contribution is 2.27. The van der Waals surface area contributed by atoms with Gasteiger partial charge >= 0.3 is 0 Å². The number of hydrogen-bond acceptors (Lipinski definition) is 5. The van der Waals surface area contributed by atoms with Gasteiger partial charge in [-0.1, -0.05) is 6.92 Å². The molecule has 1 fully saturated rings. The Balaban J connectivity index is 2.17. The molecular weight excluding hydrogens is 242 g/mol. The number of nitrogens with zero attached hydrogens (tertiary/aromatic N) is 3. The second kappa shape index (κ2) is 5.86. The Kier molecular flexibility index (Phi) is 4.19. The third kappa shape index (κ3) is 2.77. The van der Waals surface area contributed by atoms with Crippen LogP contribution in [-0.2, 0) is 11.2 Å². The van der Waals surface area contributed by atoms with Crippen LogP contribution in [0.15, 0.2) is 6.33 Å². The standard InChI is InChI=1S/C13H21N5O/c1-3-10-12(15-2)16-8-17-13(10)18-6-4-9(5-7-18)11(14)19/h8-9H,3-7H2,1-2H3,(H2,14,19)(H,15,16,17). The molecule has 1 aliphatic heterocycles. The fraction of sp³-hybridized carbons (Fsp3) is 0.615. The molecule has 0 radical (unpaired) electrons. The van der Waals surface area contributed by atoms with Crippen molar-refractivity contribution in [2.75, 3.05) is 30.4 Å². The van der Waals surface area contributed by atoms with E-state index in [4.69, 9.17) is 5.73 Å². The van der Waals surface area contributed by atoms with E-state index < -0.39 is 0 Å². The molecule has 1 aromatic rings. The molecule has 2 heterocycles. The van der Waals surface area contributed by atoms with Gasteiger partial charge in [0.2, 0.25) is 5.91 Å². The van der Waals surface area contributed by atoms with Crippen LogP contribution >= 0.6 is 0 Å². The molecule has 1 aliphatic rings. The van der Waals surface area contributed by atoms with Gasteiger partial charge in [-0.05, 0) is 19.3 Å². The number of hydrogen-bond donors (Lipinski definition) is 2. The van der Waals surface area contributed by atoms with Crippen LogP contribution in [0, 0.1) is 5.92 Å². The van der Waals surface area contributed by atoms with Gasteiger partial charge in [0.25, 0.3) is 0 Å². The van der Waals surface area contributed by atoms with E-state index in [1.807, 2.05) is 7.05 Å². The fourth-order valence-electron chi connectivity index (χ4n) is 2.59. The Labute approximate surface area is 113 Å². The zero-order valence-electron chi connectivity index (χ0n) is 11.5. The van der Waals surface area contributed by atoms with Crippen LogP contribution in [0.3, 0.4) is 0 Å². The monoisotopic (exact) mass is 263 g/mol. The molecule has 104 valence electrons. The predicted molar refractivity (Wildman–Crippen MR) is 75.1 cm³/mol. The summed E-state index contributed by atoms with van der Waals surface area (Å²) in [5, 5.41) is 3.10. The molecule has 0 spiro atoms. The van der Waals surface area contributed by atoms with Crippen LogP contribution in [0.4, 0.5) is 11.6 Å². The molecule has 1 aromatic heterocycles. The topological polar surface area (TPSA) is 84.1 Å². The van der Waals surface area contributed by atoms with E-state index in [0.29, 0.717) is 0 Å². The summed E-state index contributed by atoms with van der Waals surface area (Å²) in [6, 6.07) is 0. The summed E-state index contributed by atoms with van der Waals surface area (Å²) in [4.78, 5) is 22.1. The number of aromatic nitrogens is 2. The molecule has 0 bridgehead atoms. The lowest BCUT2D eigenvalue weighted by Gasteiger charge is -2.32. The summed E-state index contributed by atoms with van der Waals surface area (Å²) in [7, 11) is 1.87. The van der Waals surface area contributed by atoms with Crippen LogP contribution in [0.1, 0.15) is 25.3 Å². The van der Waals surface area contributed by atoms with Crippen LogP contribution < -0.4 is 16.0 Å². The fourth-order valence-corrected chi connectivity index (χ4v) is 2.59. The Bertz CT molecular complexity index is 454. The number of nitrogens with one attached hydrogen (secondary N) is 1. The molecule has 0 unspecified atom stereocenters. The highest BCUT2D eigenvalue weighted by molar-refractivity contribution is 5.77. The second-order valence-electron chi connectivity index (χ2n) is 4.79. The third-order valence-electron chi connectivity index (χ3n) is 3.71. The van der Waals surface area contributed by atoms with Crippen molar-refractivity contribution in [2.24, 2.45) is 11.7 Å². The van der Waals surface area contributed by atoms with E-state index in [1.54, 1.807) is 6.33 Å². The number of carbonyl (C=O) groups excluding carboxylic acids is 1. The summed E-state index contributed by atoms with van der Waals surface area (Å²) in [5.74, 6) is 1.68. The summed E-state index contributed by atoms with van der Waals surface area (Å²) in [5.41, 5.74) is 6.49. The number of piperidine rings is 1. The second-order valence-corrected chi connectivity index (χ2v) is 4.79. The maximum absolute atomic E-state index is 11.2. The molecule has 19 heavy (non-hydrogen) atoms.